The molecule has 1 saturated carbocycles. The van der Waals surface area contributed by atoms with Crippen molar-refractivity contribution in [1.82, 2.24) is 4.72 Å². The van der Waals surface area contributed by atoms with Crippen LogP contribution in [0.25, 0.3) is 0 Å². The zero-order valence-corrected chi connectivity index (χ0v) is 12.2. The van der Waals surface area contributed by atoms with Crippen LogP contribution < -0.4 is 4.72 Å². The molecule has 1 aromatic carbocycles. The zero-order valence-electron chi connectivity index (χ0n) is 9.83. The zero-order chi connectivity index (χ0) is 13.2. The van der Waals surface area contributed by atoms with E-state index in [1.165, 1.54) is 18.9 Å². The fourth-order valence-electron chi connectivity index (χ4n) is 2.21. The summed E-state index contributed by atoms with van der Waals surface area (Å²) in [5, 5.41) is 0. The Morgan fingerprint density at radius 1 is 1.33 bits per heavy atom. The molecule has 1 fully saturated rings. The number of benzene rings is 1. The van der Waals surface area contributed by atoms with Crippen molar-refractivity contribution in [3.63, 3.8) is 0 Å². The Labute approximate surface area is 115 Å². The predicted octanol–water partition coefficient (Wildman–Crippen LogP) is 3.06. The van der Waals surface area contributed by atoms with E-state index in [9.17, 15) is 12.8 Å². The molecule has 1 aliphatic carbocycles. The lowest BCUT2D eigenvalue weighted by Crippen LogP contribution is -2.28. The lowest BCUT2D eigenvalue weighted by atomic mass is 10.1. The Morgan fingerprint density at radius 3 is 2.61 bits per heavy atom. The Bertz CT molecular complexity index is 527. The molecule has 0 heterocycles. The molecule has 6 heteroatoms. The van der Waals surface area contributed by atoms with Crippen molar-refractivity contribution in [2.75, 3.05) is 6.54 Å². The van der Waals surface area contributed by atoms with E-state index in [-0.39, 0.29) is 9.37 Å². The van der Waals surface area contributed by atoms with Crippen LogP contribution in [0, 0.1) is 11.7 Å². The molecule has 18 heavy (non-hydrogen) atoms. The molecule has 0 atom stereocenters. The maximum absolute atomic E-state index is 12.9. The lowest BCUT2D eigenvalue weighted by molar-refractivity contribution is 0.519. The summed E-state index contributed by atoms with van der Waals surface area (Å²) >= 11 is 3.08. The lowest BCUT2D eigenvalue weighted by Gasteiger charge is -2.12. The van der Waals surface area contributed by atoms with Gasteiger partial charge in [-0.25, -0.2) is 17.5 Å². The van der Waals surface area contributed by atoms with Gasteiger partial charge in [-0.3, -0.25) is 0 Å². The van der Waals surface area contributed by atoms with E-state index in [1.807, 2.05) is 0 Å². The van der Waals surface area contributed by atoms with Gasteiger partial charge in [0.05, 0.1) is 4.90 Å². The van der Waals surface area contributed by atoms with Crippen LogP contribution in [0.1, 0.15) is 25.7 Å². The largest absolute Gasteiger partial charge is 0.241 e. The van der Waals surface area contributed by atoms with Crippen LogP contribution in [-0.4, -0.2) is 15.0 Å². The summed E-state index contributed by atoms with van der Waals surface area (Å²) in [6, 6.07) is 3.58. The van der Waals surface area contributed by atoms with Gasteiger partial charge in [0.2, 0.25) is 10.0 Å². The fourth-order valence-corrected chi connectivity index (χ4v) is 4.38. The highest BCUT2D eigenvalue weighted by atomic mass is 79.9. The van der Waals surface area contributed by atoms with Gasteiger partial charge in [-0.1, -0.05) is 12.8 Å². The second-order valence-corrected chi connectivity index (χ2v) is 7.17. The van der Waals surface area contributed by atoms with Crippen LogP contribution in [0.5, 0.6) is 0 Å². The van der Waals surface area contributed by atoms with Crippen LogP contribution in [0.2, 0.25) is 0 Å². The minimum atomic E-state index is -3.56. The first kappa shape index (κ1) is 14.0. The highest BCUT2D eigenvalue weighted by Gasteiger charge is 2.21. The Kier molecular flexibility index (Phi) is 4.40. The summed E-state index contributed by atoms with van der Waals surface area (Å²) in [5.74, 6) is -0.0318. The first-order valence-corrected chi connectivity index (χ1v) is 8.21. The summed E-state index contributed by atoms with van der Waals surface area (Å²) in [6.07, 6.45) is 4.50. The van der Waals surface area contributed by atoms with Gasteiger partial charge in [0.1, 0.15) is 5.82 Å². The average Bonchev–Trinajstić information content (AvgIpc) is 2.78. The molecule has 3 nitrogen and oxygen atoms in total. The predicted molar refractivity (Wildman–Crippen MR) is 71.2 cm³/mol. The van der Waals surface area contributed by atoms with Gasteiger partial charge in [0.25, 0.3) is 0 Å². The quantitative estimate of drug-likeness (QED) is 0.919. The summed E-state index contributed by atoms with van der Waals surface area (Å²) in [7, 11) is -3.56. The highest BCUT2D eigenvalue weighted by molar-refractivity contribution is 9.10. The third-order valence-electron chi connectivity index (χ3n) is 3.22. The van der Waals surface area contributed by atoms with Crippen molar-refractivity contribution in [3.8, 4) is 0 Å². The second-order valence-electron chi connectivity index (χ2n) is 4.58. The minimum absolute atomic E-state index is 0.0851. The molecule has 0 aromatic heterocycles. The maximum Gasteiger partial charge on any atom is 0.241 e. The fraction of sp³-hybridized carbons (Fsp3) is 0.500. The van der Waals surface area contributed by atoms with Crippen LogP contribution in [-0.2, 0) is 10.0 Å². The van der Waals surface area contributed by atoms with E-state index in [1.54, 1.807) is 0 Å². The Balaban J connectivity index is 2.09. The van der Waals surface area contributed by atoms with Crippen LogP contribution in [0.4, 0.5) is 4.39 Å². The van der Waals surface area contributed by atoms with Gasteiger partial charge in [-0.15, -0.1) is 0 Å². The maximum atomic E-state index is 12.9. The van der Waals surface area contributed by atoms with Crippen molar-refractivity contribution in [2.24, 2.45) is 5.92 Å². The first-order chi connectivity index (χ1) is 8.49. The molecule has 0 bridgehead atoms. The molecule has 2 rings (SSSR count). The third kappa shape index (κ3) is 3.30. The molecule has 0 unspecified atom stereocenters. The smallest absolute Gasteiger partial charge is 0.211 e. The molecule has 0 saturated heterocycles. The van der Waals surface area contributed by atoms with Gasteiger partial charge < -0.3 is 0 Å². The number of halogens is 2. The summed E-state index contributed by atoms with van der Waals surface area (Å²) < 4.78 is 39.9. The molecule has 1 N–H and O–H groups in total. The van der Waals surface area contributed by atoms with Crippen molar-refractivity contribution >= 4 is 26.0 Å². The number of rotatable bonds is 4. The monoisotopic (exact) mass is 335 g/mol. The third-order valence-corrected chi connectivity index (χ3v) is 5.62. The SMILES string of the molecule is O=S(=O)(NCC1CCCC1)c1ccc(F)cc1Br. The molecular formula is C12H15BrFNO2S. The molecule has 100 valence electrons. The van der Waals surface area contributed by atoms with E-state index < -0.39 is 15.8 Å². The van der Waals surface area contributed by atoms with Gasteiger partial charge >= 0.3 is 0 Å². The molecule has 0 radical (unpaired) electrons. The van der Waals surface area contributed by atoms with E-state index >= 15 is 0 Å². The molecule has 0 aliphatic heterocycles. The summed E-state index contributed by atoms with van der Waals surface area (Å²) in [5.41, 5.74) is 0. The first-order valence-electron chi connectivity index (χ1n) is 5.94. The van der Waals surface area contributed by atoms with E-state index in [2.05, 4.69) is 20.7 Å². The van der Waals surface area contributed by atoms with Crippen LogP contribution in [0.15, 0.2) is 27.6 Å². The topological polar surface area (TPSA) is 46.2 Å². The summed E-state index contributed by atoms with van der Waals surface area (Å²) in [6.45, 7) is 0.464. The van der Waals surface area contributed by atoms with E-state index in [4.69, 9.17) is 0 Å². The normalized spacial score (nSPS) is 17.2. The van der Waals surface area contributed by atoms with E-state index in [0.717, 1.165) is 25.0 Å². The van der Waals surface area contributed by atoms with Crippen LogP contribution >= 0.6 is 15.9 Å². The Hall–Kier alpha value is -0.460. The molecule has 0 amide bonds. The molecule has 0 spiro atoms. The number of nitrogens with one attached hydrogen (secondary N) is 1. The highest BCUT2D eigenvalue weighted by Crippen LogP contribution is 2.26. The van der Waals surface area contributed by atoms with Gasteiger partial charge in [0, 0.05) is 11.0 Å². The number of hydrogen-bond acceptors (Lipinski definition) is 2. The molecular weight excluding hydrogens is 321 g/mol. The average molecular weight is 336 g/mol. The van der Waals surface area contributed by atoms with Crippen molar-refractivity contribution in [2.45, 2.75) is 30.6 Å². The van der Waals surface area contributed by atoms with Crippen LogP contribution in [0.3, 0.4) is 0 Å². The molecule has 1 aromatic rings. The van der Waals surface area contributed by atoms with Crippen molar-refractivity contribution < 1.29 is 12.8 Å². The minimum Gasteiger partial charge on any atom is -0.211 e. The standard InChI is InChI=1S/C12H15BrFNO2S/c13-11-7-10(14)5-6-12(11)18(16,17)15-8-9-3-1-2-4-9/h5-7,9,15H,1-4,8H2. The van der Waals surface area contributed by atoms with Crippen molar-refractivity contribution in [1.29, 1.82) is 0 Å². The summed E-state index contributed by atoms with van der Waals surface area (Å²) in [4.78, 5) is 0.0851. The number of sulfonamides is 1. The van der Waals surface area contributed by atoms with Crippen molar-refractivity contribution in [3.05, 3.63) is 28.5 Å². The van der Waals surface area contributed by atoms with Gasteiger partial charge in [-0.2, -0.15) is 0 Å². The molecule has 1 aliphatic rings. The second kappa shape index (κ2) is 5.67. The van der Waals surface area contributed by atoms with Gasteiger partial charge in [0.15, 0.2) is 0 Å². The van der Waals surface area contributed by atoms with Gasteiger partial charge in [-0.05, 0) is 52.9 Å². The number of hydrogen-bond donors (Lipinski definition) is 1. The van der Waals surface area contributed by atoms with E-state index in [0.29, 0.717) is 12.5 Å². The Morgan fingerprint density at radius 2 is 2.00 bits per heavy atom.